The SMILES string of the molecule is C[C@H](NC(=O)c1cnco1)[C@H](Oc1ccc(C(=O)O)cc1)c1ccc(C2CC2)cc1. The fourth-order valence-corrected chi connectivity index (χ4v) is 3.34. The van der Waals surface area contributed by atoms with Crippen LogP contribution in [0.4, 0.5) is 0 Å². The van der Waals surface area contributed by atoms with Gasteiger partial charge in [-0.2, -0.15) is 0 Å². The van der Waals surface area contributed by atoms with Crippen molar-refractivity contribution < 1.29 is 23.8 Å². The molecule has 7 nitrogen and oxygen atoms in total. The monoisotopic (exact) mass is 406 g/mol. The molecule has 7 heteroatoms. The number of aromatic carboxylic acids is 1. The van der Waals surface area contributed by atoms with E-state index in [9.17, 15) is 9.59 Å². The number of amides is 1. The molecule has 0 saturated heterocycles. The molecule has 1 aliphatic carbocycles. The Labute approximate surface area is 173 Å². The van der Waals surface area contributed by atoms with E-state index < -0.39 is 18.1 Å². The van der Waals surface area contributed by atoms with Gasteiger partial charge in [-0.15, -0.1) is 0 Å². The lowest BCUT2D eigenvalue weighted by atomic mass is 10.00. The molecule has 1 fully saturated rings. The number of ether oxygens (including phenoxy) is 1. The van der Waals surface area contributed by atoms with E-state index in [0.717, 1.165) is 5.56 Å². The average Bonchev–Trinajstić information content (AvgIpc) is 3.45. The summed E-state index contributed by atoms with van der Waals surface area (Å²) in [6, 6.07) is 14.0. The maximum Gasteiger partial charge on any atom is 0.335 e. The lowest BCUT2D eigenvalue weighted by Crippen LogP contribution is -2.39. The summed E-state index contributed by atoms with van der Waals surface area (Å²) in [5, 5.41) is 12.0. The number of aromatic nitrogens is 1. The Morgan fingerprint density at radius 3 is 2.40 bits per heavy atom. The van der Waals surface area contributed by atoms with E-state index in [1.807, 2.05) is 19.1 Å². The zero-order valence-electron chi connectivity index (χ0n) is 16.4. The van der Waals surface area contributed by atoms with Crippen molar-refractivity contribution in [2.75, 3.05) is 0 Å². The fourth-order valence-electron chi connectivity index (χ4n) is 3.34. The highest BCUT2D eigenvalue weighted by molar-refractivity contribution is 5.91. The Kier molecular flexibility index (Phi) is 5.52. The first-order valence-corrected chi connectivity index (χ1v) is 9.80. The molecule has 1 heterocycles. The first-order chi connectivity index (χ1) is 14.5. The van der Waals surface area contributed by atoms with Crippen LogP contribution in [0.5, 0.6) is 5.75 Å². The summed E-state index contributed by atoms with van der Waals surface area (Å²) >= 11 is 0. The zero-order chi connectivity index (χ0) is 21.1. The lowest BCUT2D eigenvalue weighted by Gasteiger charge is -2.26. The molecule has 1 aliphatic rings. The standard InChI is InChI=1S/C23H22N2O5/c1-14(25-22(26)20-12-24-13-29-20)21(17-6-4-16(5-7-17)15-2-3-15)30-19-10-8-18(9-11-19)23(27)28/h4-15,21H,2-3H2,1H3,(H,25,26)(H,27,28)/t14-,21-/m0/s1. The first kappa shape index (κ1) is 19.7. The van der Waals surface area contributed by atoms with Crippen LogP contribution in [0.25, 0.3) is 0 Å². The van der Waals surface area contributed by atoms with Crippen LogP contribution in [0.1, 0.15) is 63.8 Å². The molecule has 2 atom stereocenters. The van der Waals surface area contributed by atoms with Gasteiger partial charge in [0.25, 0.3) is 5.91 Å². The molecule has 2 N–H and O–H groups in total. The molecule has 0 bridgehead atoms. The highest BCUT2D eigenvalue weighted by Gasteiger charge is 2.27. The predicted molar refractivity (Wildman–Crippen MR) is 109 cm³/mol. The third-order valence-corrected chi connectivity index (χ3v) is 5.15. The topological polar surface area (TPSA) is 102 Å². The molecule has 4 rings (SSSR count). The third-order valence-electron chi connectivity index (χ3n) is 5.15. The normalized spacial score (nSPS) is 15.2. The van der Waals surface area contributed by atoms with Gasteiger partial charge in [0.1, 0.15) is 11.9 Å². The van der Waals surface area contributed by atoms with Gasteiger partial charge in [0.05, 0.1) is 17.8 Å². The van der Waals surface area contributed by atoms with Crippen molar-refractivity contribution in [1.82, 2.24) is 10.3 Å². The van der Waals surface area contributed by atoms with Gasteiger partial charge < -0.3 is 19.6 Å². The number of hydrogen-bond acceptors (Lipinski definition) is 5. The van der Waals surface area contributed by atoms with Crippen LogP contribution in [0.15, 0.2) is 65.5 Å². The second kappa shape index (κ2) is 8.41. The molecule has 1 amide bonds. The van der Waals surface area contributed by atoms with Crippen LogP contribution >= 0.6 is 0 Å². The summed E-state index contributed by atoms with van der Waals surface area (Å²) < 4.78 is 11.2. The van der Waals surface area contributed by atoms with E-state index in [4.69, 9.17) is 14.3 Å². The number of carboxylic acid groups (broad SMARTS) is 1. The van der Waals surface area contributed by atoms with E-state index >= 15 is 0 Å². The van der Waals surface area contributed by atoms with E-state index in [1.54, 1.807) is 12.1 Å². The summed E-state index contributed by atoms with van der Waals surface area (Å²) in [4.78, 5) is 27.3. The average molecular weight is 406 g/mol. The zero-order valence-corrected chi connectivity index (χ0v) is 16.4. The van der Waals surface area contributed by atoms with E-state index in [2.05, 4.69) is 22.4 Å². The molecule has 1 aromatic heterocycles. The quantitative estimate of drug-likeness (QED) is 0.582. The Hall–Kier alpha value is -3.61. The number of hydrogen-bond donors (Lipinski definition) is 2. The van der Waals surface area contributed by atoms with Gasteiger partial charge in [0, 0.05) is 0 Å². The van der Waals surface area contributed by atoms with Crippen molar-refractivity contribution in [1.29, 1.82) is 0 Å². The summed E-state index contributed by atoms with van der Waals surface area (Å²) in [6.07, 6.45) is 4.51. The smallest absolute Gasteiger partial charge is 0.335 e. The van der Waals surface area contributed by atoms with Crippen LogP contribution in [0, 0.1) is 0 Å². The minimum atomic E-state index is -0.999. The molecule has 0 radical (unpaired) electrons. The van der Waals surface area contributed by atoms with Gasteiger partial charge in [0.15, 0.2) is 6.39 Å². The van der Waals surface area contributed by atoms with E-state index in [1.165, 1.54) is 43.1 Å². The minimum Gasteiger partial charge on any atom is -0.484 e. The van der Waals surface area contributed by atoms with Gasteiger partial charge in [-0.1, -0.05) is 24.3 Å². The van der Waals surface area contributed by atoms with Crippen LogP contribution in [0.3, 0.4) is 0 Å². The van der Waals surface area contributed by atoms with Crippen molar-refractivity contribution in [2.24, 2.45) is 0 Å². The highest BCUT2D eigenvalue weighted by Crippen LogP contribution is 2.40. The van der Waals surface area contributed by atoms with Crippen LogP contribution < -0.4 is 10.1 Å². The molecule has 30 heavy (non-hydrogen) atoms. The summed E-state index contributed by atoms with van der Waals surface area (Å²) in [6.45, 7) is 1.85. The van der Waals surface area contributed by atoms with Crippen molar-refractivity contribution in [3.05, 3.63) is 83.6 Å². The molecule has 154 valence electrons. The number of rotatable bonds is 8. The molecular formula is C23H22N2O5. The predicted octanol–water partition coefficient (Wildman–Crippen LogP) is 4.19. The second-order valence-corrected chi connectivity index (χ2v) is 7.44. The summed E-state index contributed by atoms with van der Waals surface area (Å²) in [5.74, 6) is -0.107. The number of nitrogens with one attached hydrogen (secondary N) is 1. The maximum absolute atomic E-state index is 12.4. The molecule has 0 spiro atoms. The van der Waals surface area contributed by atoms with Gasteiger partial charge >= 0.3 is 5.97 Å². The van der Waals surface area contributed by atoms with Crippen LogP contribution in [-0.4, -0.2) is 28.0 Å². The molecule has 1 saturated carbocycles. The summed E-state index contributed by atoms with van der Waals surface area (Å²) in [5.41, 5.74) is 2.40. The Balaban J connectivity index is 1.56. The molecule has 3 aromatic rings. The lowest BCUT2D eigenvalue weighted by molar-refractivity contribution is 0.0696. The minimum absolute atomic E-state index is 0.121. The fraction of sp³-hybridized carbons (Fsp3) is 0.261. The number of oxazole rings is 1. The second-order valence-electron chi connectivity index (χ2n) is 7.44. The van der Waals surface area contributed by atoms with E-state index in [0.29, 0.717) is 11.7 Å². The Bertz CT molecular complexity index is 1010. The first-order valence-electron chi connectivity index (χ1n) is 9.80. The van der Waals surface area contributed by atoms with Gasteiger partial charge in [-0.3, -0.25) is 4.79 Å². The van der Waals surface area contributed by atoms with Crippen LogP contribution in [0.2, 0.25) is 0 Å². The van der Waals surface area contributed by atoms with Gasteiger partial charge in [-0.05, 0) is 61.1 Å². The molecule has 0 aliphatic heterocycles. The highest BCUT2D eigenvalue weighted by atomic mass is 16.5. The molecule has 0 unspecified atom stereocenters. The third kappa shape index (κ3) is 4.51. The van der Waals surface area contributed by atoms with Gasteiger partial charge in [-0.25, -0.2) is 9.78 Å². The Morgan fingerprint density at radius 2 is 1.83 bits per heavy atom. The number of benzene rings is 2. The van der Waals surface area contributed by atoms with Gasteiger partial charge in [0.2, 0.25) is 5.76 Å². The number of carboxylic acids is 1. The van der Waals surface area contributed by atoms with Crippen molar-refractivity contribution in [3.8, 4) is 5.75 Å². The maximum atomic E-state index is 12.4. The largest absolute Gasteiger partial charge is 0.484 e. The van der Waals surface area contributed by atoms with Crippen molar-refractivity contribution in [3.63, 3.8) is 0 Å². The molecule has 2 aromatic carbocycles. The summed E-state index contributed by atoms with van der Waals surface area (Å²) in [7, 11) is 0. The van der Waals surface area contributed by atoms with Crippen molar-refractivity contribution in [2.45, 2.75) is 37.8 Å². The Morgan fingerprint density at radius 1 is 1.13 bits per heavy atom. The van der Waals surface area contributed by atoms with Crippen LogP contribution in [-0.2, 0) is 0 Å². The number of nitrogens with zero attached hydrogens (tertiary/aromatic N) is 1. The van der Waals surface area contributed by atoms with Crippen molar-refractivity contribution >= 4 is 11.9 Å². The molecular weight excluding hydrogens is 384 g/mol. The number of carbonyl (C=O) groups is 2. The number of carbonyl (C=O) groups excluding carboxylic acids is 1. The van der Waals surface area contributed by atoms with E-state index in [-0.39, 0.29) is 17.2 Å².